The van der Waals surface area contributed by atoms with Crippen molar-refractivity contribution >= 4 is 15.2 Å². The zero-order valence-corrected chi connectivity index (χ0v) is 4.07. The van der Waals surface area contributed by atoms with Gasteiger partial charge in [0.25, 0.3) is 0 Å². The Morgan fingerprint density at radius 1 is 2.00 bits per heavy atom. The summed E-state index contributed by atoms with van der Waals surface area (Å²) in [6.07, 6.45) is 0. The maximum absolute atomic E-state index is 7.69. The van der Waals surface area contributed by atoms with Crippen molar-refractivity contribution in [3.8, 4) is 4.93 Å². The molecule has 20 valence electrons. The van der Waals surface area contributed by atoms with E-state index in [9.17, 15) is 0 Å². The van der Waals surface area contributed by atoms with E-state index in [0.717, 1.165) is 0 Å². The number of rotatable bonds is 0. The maximum atomic E-state index is 7.69. The fourth-order valence-electron chi connectivity index (χ4n) is 0. The van der Waals surface area contributed by atoms with Gasteiger partial charge in [0.2, 0.25) is 0 Å². The summed E-state index contributed by atoms with van der Waals surface area (Å²) in [5.74, 6) is 1.96. The van der Waals surface area contributed by atoms with Gasteiger partial charge in [-0.15, -0.1) is 0 Å². The summed E-state index contributed by atoms with van der Waals surface area (Å²) in [4.78, 5) is 2.07. The third kappa shape index (κ3) is 2.02. The van der Waals surface area contributed by atoms with Crippen molar-refractivity contribution in [1.29, 1.82) is 5.26 Å². The highest BCUT2D eigenvalue weighted by Crippen LogP contribution is 1.37. The molecule has 0 aromatic heterocycles. The Morgan fingerprint density at radius 3 is 2.25 bits per heavy atom. The Bertz CT molecular complexity index is 35.8. The molecule has 0 aliphatic heterocycles. The van der Waals surface area contributed by atoms with Crippen molar-refractivity contribution in [3.05, 3.63) is 0 Å². The summed E-state index contributed by atoms with van der Waals surface area (Å²) in [7, 11) is 0. The normalized spacial score (nSPS) is 4.00. The highest BCUT2D eigenvalue weighted by atomic mass is 27.1. The van der Waals surface area contributed by atoms with Crippen LogP contribution in [0.25, 0.3) is 0 Å². The summed E-state index contributed by atoms with van der Waals surface area (Å²) in [5, 5.41) is 7.69. The molecule has 0 amide bonds. The minimum absolute atomic E-state index is 0.270. The molecule has 0 bridgehead atoms. The molecule has 4 heavy (non-hydrogen) atoms. The number of nitriles is 1. The molecule has 0 atom stereocenters. The largest absolute Gasteiger partial charge is 0.396 e. The first-order chi connectivity index (χ1) is 1.91. The van der Waals surface area contributed by atoms with Crippen LogP contribution in [0.5, 0.6) is 0 Å². The summed E-state index contributed by atoms with van der Waals surface area (Å²) >= 11 is -0.270. The van der Waals surface area contributed by atoms with Crippen molar-refractivity contribution in [2.75, 3.05) is 0 Å². The summed E-state index contributed by atoms with van der Waals surface area (Å²) in [6.45, 7) is 0. The fourth-order valence-corrected chi connectivity index (χ4v) is 0. The average molecular weight is 69.0 g/mol. The molecule has 1 nitrogen and oxygen atoms in total. The van der Waals surface area contributed by atoms with Crippen molar-refractivity contribution < 1.29 is 0 Å². The Morgan fingerprint density at radius 2 is 2.25 bits per heavy atom. The van der Waals surface area contributed by atoms with Gasteiger partial charge in [-0.2, -0.15) is 0 Å². The van der Waals surface area contributed by atoms with E-state index in [1.165, 1.54) is 0 Å². The van der Waals surface area contributed by atoms with Gasteiger partial charge in [0.05, 0.1) is 0 Å². The predicted octanol–water partition coefficient (Wildman–Crippen LogP) is -0.0479. The van der Waals surface area contributed by atoms with E-state index >= 15 is 0 Å². The number of hydrogen-bond acceptors (Lipinski definition) is 1. The topological polar surface area (TPSA) is 23.8 Å². The Balaban J connectivity index is 2.43. The summed E-state index contributed by atoms with van der Waals surface area (Å²) in [6, 6.07) is 0. The molecule has 2 heteroatoms. The molecule has 0 N–H and O–H groups in total. The second-order valence-electron chi connectivity index (χ2n) is 0.512. The van der Waals surface area contributed by atoms with E-state index in [-0.39, 0.29) is 15.2 Å². The lowest BCUT2D eigenvalue weighted by atomic mass is 11.8. The highest BCUT2D eigenvalue weighted by molar-refractivity contribution is 6.43. The first-order valence-corrected chi connectivity index (χ1v) is 3.41. The second kappa shape index (κ2) is 3.02. The van der Waals surface area contributed by atoms with Crippen LogP contribution in [0, 0.1) is 10.2 Å². The van der Waals surface area contributed by atoms with Crippen LogP contribution < -0.4 is 0 Å². The van der Waals surface area contributed by atoms with E-state index in [0.29, 0.717) is 0 Å². The molecular formula is C2H4AlN. The average Bonchev–Trinajstić information content (AvgIpc) is 1.37. The number of hydrogen-bond donors (Lipinski definition) is 0. The molecule has 0 aliphatic rings. The monoisotopic (exact) mass is 69.0 g/mol. The van der Waals surface area contributed by atoms with Crippen LogP contribution in [-0.4, -0.2) is 15.2 Å². The van der Waals surface area contributed by atoms with Crippen LogP contribution in [0.3, 0.4) is 0 Å². The molecule has 0 rings (SSSR count). The molecule has 0 aromatic rings. The first kappa shape index (κ1) is 4.02. The highest BCUT2D eigenvalue weighted by Gasteiger charge is 1.63. The van der Waals surface area contributed by atoms with Gasteiger partial charge in [-0.25, -0.2) is 5.26 Å². The first-order valence-electron chi connectivity index (χ1n) is 1.28. The van der Waals surface area contributed by atoms with Gasteiger partial charge in [0.15, 0.2) is 0 Å². The van der Waals surface area contributed by atoms with Crippen molar-refractivity contribution in [3.63, 3.8) is 0 Å². The van der Waals surface area contributed by atoms with Gasteiger partial charge >= 0.3 is 15.2 Å². The van der Waals surface area contributed by atoms with Gasteiger partial charge < -0.3 is 0 Å². The van der Waals surface area contributed by atoms with Crippen LogP contribution in [0.1, 0.15) is 0 Å². The van der Waals surface area contributed by atoms with E-state index in [1.54, 1.807) is 0 Å². The van der Waals surface area contributed by atoms with E-state index in [1.807, 2.05) is 5.79 Å². The molecule has 0 unspecified atom stereocenters. The lowest BCUT2D eigenvalue weighted by molar-refractivity contribution is 1.56. The molecular weight excluding hydrogens is 65.0 g/mol. The lowest BCUT2D eigenvalue weighted by Gasteiger charge is -1.37. The Kier molecular flexibility index (Phi) is 3.04. The third-order valence-corrected chi connectivity index (χ3v) is 0.474. The Hall–Kier alpha value is 0.0225. The minimum atomic E-state index is -0.270. The van der Waals surface area contributed by atoms with Gasteiger partial charge in [0.1, 0.15) is 0 Å². The molecule has 0 heterocycles. The molecule has 0 saturated carbocycles. The van der Waals surface area contributed by atoms with E-state index < -0.39 is 0 Å². The second-order valence-corrected chi connectivity index (χ2v) is 1.54. The third-order valence-electron chi connectivity index (χ3n) is 0.158. The SMILES string of the molecule is [CH3][AlH][C]#N. The maximum Gasteiger partial charge on any atom is 0.396 e. The van der Waals surface area contributed by atoms with Crippen LogP contribution in [0.15, 0.2) is 0 Å². The van der Waals surface area contributed by atoms with Gasteiger partial charge in [-0.05, 0) is 0 Å². The van der Waals surface area contributed by atoms with Gasteiger partial charge in [0, 0.05) is 0 Å². The Labute approximate surface area is 32.0 Å². The zero-order valence-electron chi connectivity index (χ0n) is 2.65. The molecule has 0 saturated heterocycles. The summed E-state index contributed by atoms with van der Waals surface area (Å²) < 4.78 is 0. The minimum Gasteiger partial charge on any atom is -0.226 e. The molecule has 0 fully saturated rings. The van der Waals surface area contributed by atoms with Crippen molar-refractivity contribution in [2.24, 2.45) is 0 Å². The van der Waals surface area contributed by atoms with Crippen LogP contribution in [0.4, 0.5) is 0 Å². The predicted molar refractivity (Wildman–Crippen MR) is 18.6 cm³/mol. The van der Waals surface area contributed by atoms with Crippen LogP contribution in [-0.2, 0) is 0 Å². The zero-order chi connectivity index (χ0) is 3.41. The molecule has 0 spiro atoms. The quantitative estimate of drug-likeness (QED) is 0.366. The van der Waals surface area contributed by atoms with Crippen molar-refractivity contribution in [2.45, 2.75) is 5.79 Å². The lowest BCUT2D eigenvalue weighted by Crippen LogP contribution is -1.63. The van der Waals surface area contributed by atoms with E-state index in [4.69, 9.17) is 5.26 Å². The van der Waals surface area contributed by atoms with E-state index in [2.05, 4.69) is 4.93 Å². The fraction of sp³-hybridized carbons (Fsp3) is 0.500. The van der Waals surface area contributed by atoms with Crippen molar-refractivity contribution in [1.82, 2.24) is 0 Å². The number of nitrogens with zero attached hydrogens (tertiary/aromatic N) is 1. The molecule has 0 aliphatic carbocycles. The van der Waals surface area contributed by atoms with Gasteiger partial charge in [-0.1, -0.05) is 10.7 Å². The molecule has 0 radical (unpaired) electrons. The van der Waals surface area contributed by atoms with Gasteiger partial charge in [-0.3, -0.25) is 0 Å². The van der Waals surface area contributed by atoms with Crippen LogP contribution in [0.2, 0.25) is 5.79 Å². The smallest absolute Gasteiger partial charge is 0.226 e. The summed E-state index contributed by atoms with van der Waals surface area (Å²) in [5.41, 5.74) is 0. The van der Waals surface area contributed by atoms with Crippen LogP contribution >= 0.6 is 0 Å². The standard InChI is InChI=1S/CN.CH3.Al.H/c1-2;;;/h;1H3;;. The molecule has 0 aromatic carbocycles.